The summed E-state index contributed by atoms with van der Waals surface area (Å²) in [6.45, 7) is 9.35. The van der Waals surface area contributed by atoms with Crippen LogP contribution in [0.15, 0.2) is 60.1 Å². The van der Waals surface area contributed by atoms with Crippen LogP contribution in [-0.4, -0.2) is 109 Å². The number of aliphatic hydroxyl groups excluding tert-OH is 1. The van der Waals surface area contributed by atoms with E-state index in [0.29, 0.717) is 49.4 Å². The molecule has 0 saturated carbocycles. The van der Waals surface area contributed by atoms with E-state index in [1.165, 1.54) is 4.90 Å². The predicted octanol–water partition coefficient (Wildman–Crippen LogP) is 6.75. The molecule has 2 aromatic heterocycles. The molecule has 15 nitrogen and oxygen atoms in total. The van der Waals surface area contributed by atoms with Crippen molar-refractivity contribution in [3.63, 3.8) is 0 Å². The summed E-state index contributed by atoms with van der Waals surface area (Å²) in [4.78, 5) is 65.3. The van der Waals surface area contributed by atoms with Gasteiger partial charge in [0.15, 0.2) is 5.82 Å². The van der Waals surface area contributed by atoms with Gasteiger partial charge in [-0.05, 0) is 67.3 Å². The van der Waals surface area contributed by atoms with Crippen LogP contribution in [0.3, 0.4) is 0 Å². The summed E-state index contributed by atoms with van der Waals surface area (Å²) in [5, 5.41) is 35.3. The summed E-state index contributed by atoms with van der Waals surface area (Å²) >= 11 is 1.58. The third kappa shape index (κ3) is 11.9. The van der Waals surface area contributed by atoms with Gasteiger partial charge >= 0.3 is 0 Å². The van der Waals surface area contributed by atoms with Crippen LogP contribution in [0.1, 0.15) is 115 Å². The average Bonchev–Trinajstić information content (AvgIpc) is 3.99. The molecule has 0 aliphatic carbocycles. The Morgan fingerprint density at radius 2 is 1.53 bits per heavy atom. The highest BCUT2D eigenvalue weighted by atomic mass is 32.1. The third-order valence-electron chi connectivity index (χ3n) is 13.3. The largest absolute Gasteiger partial charge is 0.507 e. The normalized spacial score (nSPS) is 19.8. The van der Waals surface area contributed by atoms with Crippen molar-refractivity contribution in [1.29, 1.82) is 0 Å². The maximum atomic E-state index is 14.0. The first-order valence-corrected chi connectivity index (χ1v) is 24.6. The van der Waals surface area contributed by atoms with Gasteiger partial charge in [0, 0.05) is 63.1 Å². The Morgan fingerprint density at radius 1 is 0.879 bits per heavy atom. The second-order valence-corrected chi connectivity index (χ2v) is 20.2. The van der Waals surface area contributed by atoms with Crippen LogP contribution >= 0.6 is 11.3 Å². The zero-order chi connectivity index (χ0) is 47.0. The van der Waals surface area contributed by atoms with Crippen LogP contribution in [-0.2, 0) is 25.7 Å². The number of hydrogen-bond donors (Lipinski definition) is 5. The molecule has 3 aliphatic rings. The molecule has 0 radical (unpaired) electrons. The van der Waals surface area contributed by atoms with E-state index in [1.54, 1.807) is 29.5 Å². The first-order valence-electron chi connectivity index (χ1n) is 23.7. The van der Waals surface area contributed by atoms with Crippen molar-refractivity contribution in [3.8, 4) is 27.4 Å². The van der Waals surface area contributed by atoms with Crippen LogP contribution < -0.4 is 21.3 Å². The number of phenolic OH excluding ortho intramolecular Hbond substituents is 1. The number of nitrogen functional groups attached to an aromatic ring is 1. The van der Waals surface area contributed by atoms with Crippen LogP contribution in [0.5, 0.6) is 5.75 Å². The number of aromatic nitrogens is 3. The number of nitrogens with two attached hydrogens (primary N) is 1. The van der Waals surface area contributed by atoms with E-state index < -0.39 is 23.6 Å². The van der Waals surface area contributed by atoms with Crippen LogP contribution in [0.25, 0.3) is 21.7 Å². The molecule has 3 saturated heterocycles. The summed E-state index contributed by atoms with van der Waals surface area (Å²) in [5.74, 6) is -0.188. The minimum atomic E-state index is -0.852. The number of benzene rings is 2. The highest BCUT2D eigenvalue weighted by Gasteiger charge is 2.45. The summed E-state index contributed by atoms with van der Waals surface area (Å²) in [5.41, 5.74) is 12.4. The second kappa shape index (κ2) is 21.8. The minimum absolute atomic E-state index is 0.0317. The lowest BCUT2D eigenvalue weighted by Gasteiger charge is -2.42. The van der Waals surface area contributed by atoms with Crippen LogP contribution in [0.4, 0.5) is 11.5 Å². The number of aromatic hydroxyl groups is 1. The number of rotatable bonds is 19. The Kier molecular flexibility index (Phi) is 16.0. The molecule has 3 fully saturated rings. The maximum absolute atomic E-state index is 14.0. The van der Waals surface area contributed by atoms with Gasteiger partial charge in [0.05, 0.1) is 33.6 Å². The third-order valence-corrected chi connectivity index (χ3v) is 14.3. The van der Waals surface area contributed by atoms with Gasteiger partial charge in [-0.25, -0.2) is 4.98 Å². The van der Waals surface area contributed by atoms with E-state index in [4.69, 9.17) is 5.73 Å². The van der Waals surface area contributed by atoms with Gasteiger partial charge in [0.2, 0.25) is 23.6 Å². The van der Waals surface area contributed by atoms with Crippen molar-refractivity contribution in [2.45, 2.75) is 148 Å². The summed E-state index contributed by atoms with van der Waals surface area (Å²) < 4.78 is 0. The molecule has 2 aromatic carbocycles. The molecule has 66 heavy (non-hydrogen) atoms. The van der Waals surface area contributed by atoms with Gasteiger partial charge in [-0.3, -0.25) is 19.2 Å². The van der Waals surface area contributed by atoms with Gasteiger partial charge in [0.25, 0.3) is 0 Å². The molecule has 4 aromatic rings. The van der Waals surface area contributed by atoms with Crippen molar-refractivity contribution in [1.82, 2.24) is 35.6 Å². The van der Waals surface area contributed by atoms with E-state index in [0.717, 1.165) is 85.2 Å². The molecule has 5 heterocycles. The molecule has 16 heteroatoms. The van der Waals surface area contributed by atoms with E-state index in [2.05, 4.69) is 35.6 Å². The number of β-amino-alcohol motifs (C(OH)–C–C–N with tert-alkyl or cyclic N) is 1. The van der Waals surface area contributed by atoms with Gasteiger partial charge in [0.1, 0.15) is 17.8 Å². The molecule has 3 unspecified atom stereocenters. The Hall–Kier alpha value is -5.61. The number of amides is 4. The zero-order valence-corrected chi connectivity index (χ0v) is 39.7. The Bertz CT molecular complexity index is 2300. The number of piperazine rings is 1. The Labute approximate surface area is 392 Å². The first-order chi connectivity index (χ1) is 31.7. The second-order valence-electron chi connectivity index (χ2n) is 19.4. The van der Waals surface area contributed by atoms with Gasteiger partial charge in [-0.2, -0.15) is 0 Å². The molecular formula is C50H67N9O6S. The first kappa shape index (κ1) is 48.3. The lowest BCUT2D eigenvalue weighted by molar-refractivity contribution is -0.144. The Morgan fingerprint density at radius 3 is 2.17 bits per heavy atom. The number of fused-ring (bicyclic) bond motifs is 2. The molecule has 0 spiro atoms. The fraction of sp³-hybridized carbons (Fsp3) is 0.540. The van der Waals surface area contributed by atoms with Crippen molar-refractivity contribution >= 4 is 46.5 Å². The SMILES string of the molecule is Cc1ncsc1-c1ccc(CNC(=O)[C@@H]2C[C@@H](O)CN2C(=O)C(NC(=O)CCCCCCCCCCC(=O)N2C3CCC2CN(c2cc(-c4ccccc4O)nnc2N)C3)C(C)(C)C)cc1. The number of carbonyl (C=O) groups is 4. The van der Waals surface area contributed by atoms with Crippen LogP contribution in [0, 0.1) is 12.3 Å². The van der Waals surface area contributed by atoms with Crippen molar-refractivity contribution < 1.29 is 29.4 Å². The Balaban J connectivity index is 0.774. The van der Waals surface area contributed by atoms with Crippen molar-refractivity contribution in [2.24, 2.45) is 5.41 Å². The predicted molar refractivity (Wildman–Crippen MR) is 257 cm³/mol. The molecule has 4 amide bonds. The summed E-state index contributed by atoms with van der Waals surface area (Å²) in [6.07, 6.45) is 9.75. The number of likely N-dealkylation sites (tertiary alicyclic amines) is 1. The lowest BCUT2D eigenvalue weighted by Crippen LogP contribution is -2.57. The lowest BCUT2D eigenvalue weighted by atomic mass is 9.85. The number of thiazole rings is 1. The number of aryl methyl sites for hydroxylation is 1. The van der Waals surface area contributed by atoms with E-state index in [9.17, 15) is 29.4 Å². The highest BCUT2D eigenvalue weighted by molar-refractivity contribution is 7.13. The monoisotopic (exact) mass is 921 g/mol. The standard InChI is InChI=1S/C50H67N9O6S/c1-32-45(66-31-53-32)34-21-19-33(20-22-34)27-52-48(64)41-25-37(60)30-58(41)49(65)46(50(2,3)4)54-43(62)17-11-9-7-5-6-8-10-12-18-44(63)59-35-23-24-36(59)29-57(28-35)40-26-39(55-56-47(40)51)38-15-13-14-16-42(38)61/h13-16,19-22,26,31,35-37,41,46,60-61H,5-12,17-18,23-25,27-30H2,1-4H3,(H2,51,56)(H,52,64)(H,54,62)/t35?,36?,37-,41+,46?/m1/s1. The molecule has 3 aliphatic heterocycles. The number of hydrogen-bond acceptors (Lipinski definition) is 12. The maximum Gasteiger partial charge on any atom is 0.246 e. The molecule has 2 bridgehead atoms. The number of unbranched alkanes of at least 4 members (excludes halogenated alkanes) is 7. The number of para-hydroxylation sites is 1. The number of carbonyl (C=O) groups excluding carboxylic acids is 4. The van der Waals surface area contributed by atoms with Gasteiger partial charge in [-0.15, -0.1) is 21.5 Å². The highest BCUT2D eigenvalue weighted by Crippen LogP contribution is 2.37. The fourth-order valence-corrected chi connectivity index (χ4v) is 10.5. The number of aliphatic hydroxyl groups is 1. The number of phenols is 1. The van der Waals surface area contributed by atoms with Gasteiger partial charge in [-0.1, -0.05) is 95.7 Å². The fourth-order valence-electron chi connectivity index (χ4n) is 9.74. The summed E-state index contributed by atoms with van der Waals surface area (Å²) in [6, 6.07) is 15.4. The molecule has 7 rings (SSSR count). The molecule has 5 atom stereocenters. The topological polar surface area (TPSA) is 207 Å². The van der Waals surface area contributed by atoms with E-state index >= 15 is 0 Å². The van der Waals surface area contributed by atoms with Crippen molar-refractivity contribution in [3.05, 3.63) is 71.4 Å². The summed E-state index contributed by atoms with van der Waals surface area (Å²) in [7, 11) is 0. The minimum Gasteiger partial charge on any atom is -0.507 e. The number of nitrogens with one attached hydrogen (secondary N) is 2. The number of nitrogens with zero attached hydrogens (tertiary/aromatic N) is 6. The number of anilines is 2. The van der Waals surface area contributed by atoms with Crippen molar-refractivity contribution in [2.75, 3.05) is 30.3 Å². The zero-order valence-electron chi connectivity index (χ0n) is 38.9. The van der Waals surface area contributed by atoms with Gasteiger partial charge < -0.3 is 41.3 Å². The smallest absolute Gasteiger partial charge is 0.246 e. The molecular weight excluding hydrogens is 855 g/mol. The molecule has 354 valence electrons. The van der Waals surface area contributed by atoms with Crippen LogP contribution in [0.2, 0.25) is 0 Å². The van der Waals surface area contributed by atoms with E-state index in [-0.39, 0.29) is 61.0 Å². The molecule has 6 N–H and O–H groups in total. The quantitative estimate of drug-likeness (QED) is 0.0622. The van der Waals surface area contributed by atoms with E-state index in [1.807, 2.05) is 69.6 Å². The average molecular weight is 922 g/mol.